The molecule has 0 aromatic heterocycles. The van der Waals surface area contributed by atoms with E-state index in [2.05, 4.69) is 18.0 Å². The molecule has 0 radical (unpaired) electrons. The van der Waals surface area contributed by atoms with Crippen molar-refractivity contribution in [3.05, 3.63) is 76.3 Å². The van der Waals surface area contributed by atoms with Gasteiger partial charge in [-0.2, -0.15) is 0 Å². The lowest BCUT2D eigenvalue weighted by Gasteiger charge is -2.39. The van der Waals surface area contributed by atoms with Crippen LogP contribution in [-0.2, 0) is 11.2 Å². The van der Waals surface area contributed by atoms with E-state index >= 15 is 0 Å². The molecule has 1 aliphatic heterocycles. The van der Waals surface area contributed by atoms with Gasteiger partial charge in [0.1, 0.15) is 5.75 Å². The van der Waals surface area contributed by atoms with E-state index in [1.54, 1.807) is 14.2 Å². The van der Waals surface area contributed by atoms with Crippen molar-refractivity contribution < 1.29 is 19.0 Å². The summed E-state index contributed by atoms with van der Waals surface area (Å²) in [4.78, 5) is 18.1. The number of fused-ring (bicyclic) bond motifs is 1. The number of amides is 1. The zero-order chi connectivity index (χ0) is 30.0. The average molecular weight is 592 g/mol. The number of ether oxygens (including phenoxy) is 3. The van der Waals surface area contributed by atoms with E-state index in [0.717, 1.165) is 60.3 Å². The smallest absolute Gasteiger partial charge is 0.232 e. The number of benzene rings is 3. The molecule has 42 heavy (non-hydrogen) atoms. The lowest BCUT2D eigenvalue weighted by molar-refractivity contribution is -0.118. The number of methoxy groups -OCH3 is 2. The van der Waals surface area contributed by atoms with E-state index in [0.29, 0.717) is 34.2 Å². The third kappa shape index (κ3) is 6.32. The molecule has 5 rings (SSSR count). The Kier molecular flexibility index (Phi) is 9.19. The predicted octanol–water partition coefficient (Wildman–Crippen LogP) is 6.78. The van der Waals surface area contributed by atoms with Gasteiger partial charge in [0, 0.05) is 36.4 Å². The molecule has 0 spiro atoms. The molecule has 3 aromatic carbocycles. The van der Waals surface area contributed by atoms with Crippen molar-refractivity contribution in [3.8, 4) is 17.2 Å². The first kappa shape index (κ1) is 30.1. The zero-order valence-corrected chi connectivity index (χ0v) is 26.0. The van der Waals surface area contributed by atoms with E-state index in [1.807, 2.05) is 67.3 Å². The number of hydrogen-bond acceptors (Lipinski definition) is 6. The fraction of sp³-hybridized carbons (Fsp3) is 0.441. The second-order valence-corrected chi connectivity index (χ2v) is 12.2. The topological polar surface area (TPSA) is 77.3 Å². The summed E-state index contributed by atoms with van der Waals surface area (Å²) in [6, 6.07) is 17.6. The van der Waals surface area contributed by atoms with Crippen LogP contribution >= 0.6 is 11.6 Å². The highest BCUT2D eigenvalue weighted by Gasteiger charge is 2.37. The van der Waals surface area contributed by atoms with Crippen molar-refractivity contribution in [2.45, 2.75) is 64.1 Å². The average Bonchev–Trinajstić information content (AvgIpc) is 2.97. The van der Waals surface area contributed by atoms with E-state index in [4.69, 9.17) is 31.5 Å². The Morgan fingerprint density at radius 1 is 0.952 bits per heavy atom. The van der Waals surface area contributed by atoms with Crippen LogP contribution in [0.1, 0.15) is 62.3 Å². The zero-order valence-electron chi connectivity index (χ0n) is 25.2. The maximum absolute atomic E-state index is 14.0. The molecule has 224 valence electrons. The molecule has 1 amide bonds. The minimum Gasteiger partial charge on any atom is -0.494 e. The van der Waals surface area contributed by atoms with Gasteiger partial charge in [-0.25, -0.2) is 0 Å². The van der Waals surface area contributed by atoms with Crippen molar-refractivity contribution in [1.82, 2.24) is 0 Å². The number of carbonyl (C=O) groups is 1. The highest BCUT2D eigenvalue weighted by molar-refractivity contribution is 6.30. The Balaban J connectivity index is 1.56. The van der Waals surface area contributed by atoms with Gasteiger partial charge < -0.3 is 24.8 Å². The number of hydrogen-bond donors (Lipinski definition) is 1. The summed E-state index contributed by atoms with van der Waals surface area (Å²) in [6.07, 6.45) is 4.66. The summed E-state index contributed by atoms with van der Waals surface area (Å²) in [5.74, 6) is 2.50. The van der Waals surface area contributed by atoms with Crippen molar-refractivity contribution in [2.75, 3.05) is 37.6 Å². The van der Waals surface area contributed by atoms with E-state index in [-0.39, 0.29) is 18.4 Å². The highest BCUT2D eigenvalue weighted by Crippen LogP contribution is 2.46. The number of carbonyl (C=O) groups excluding carboxylic acids is 1. The summed E-state index contributed by atoms with van der Waals surface area (Å²) in [5.41, 5.74) is 10.7. The first-order chi connectivity index (χ1) is 20.2. The molecule has 1 atom stereocenters. The van der Waals surface area contributed by atoms with Crippen LogP contribution in [0, 0.1) is 5.92 Å². The second kappa shape index (κ2) is 12.8. The van der Waals surface area contributed by atoms with Crippen LogP contribution in [0.3, 0.4) is 0 Å². The van der Waals surface area contributed by atoms with Crippen LogP contribution in [0.5, 0.6) is 17.2 Å². The summed E-state index contributed by atoms with van der Waals surface area (Å²) >= 11 is 6.28. The number of nitrogens with zero attached hydrogens (tertiary/aromatic N) is 2. The van der Waals surface area contributed by atoms with Gasteiger partial charge in [0.05, 0.1) is 38.5 Å². The summed E-state index contributed by atoms with van der Waals surface area (Å²) in [5, 5.41) is 0.635. The quantitative estimate of drug-likeness (QED) is 0.296. The van der Waals surface area contributed by atoms with Crippen LogP contribution < -0.4 is 29.7 Å². The molecule has 0 saturated heterocycles. The molecule has 8 heteroatoms. The Morgan fingerprint density at radius 2 is 1.64 bits per heavy atom. The molecule has 7 nitrogen and oxygen atoms in total. The predicted molar refractivity (Wildman–Crippen MR) is 169 cm³/mol. The SMILES string of the molecule is COc1cc2c(cc1OC(C)C)[C@H](c1ccc(Cl)cc1)N(c1ccc(N(C)CC3CCC(N)CC3)cc1OC)C(=O)C2. The van der Waals surface area contributed by atoms with Gasteiger partial charge in [0.2, 0.25) is 5.91 Å². The maximum atomic E-state index is 14.0. The van der Waals surface area contributed by atoms with Crippen LogP contribution in [0.25, 0.3) is 0 Å². The van der Waals surface area contributed by atoms with Gasteiger partial charge in [-0.15, -0.1) is 0 Å². The van der Waals surface area contributed by atoms with Gasteiger partial charge >= 0.3 is 0 Å². The van der Waals surface area contributed by atoms with Crippen LogP contribution in [0.15, 0.2) is 54.6 Å². The van der Waals surface area contributed by atoms with Crippen molar-refractivity contribution in [1.29, 1.82) is 0 Å². The summed E-state index contributed by atoms with van der Waals surface area (Å²) in [7, 11) is 5.39. The molecule has 1 aliphatic carbocycles. The first-order valence-corrected chi connectivity index (χ1v) is 15.2. The van der Waals surface area contributed by atoms with E-state index in [9.17, 15) is 4.79 Å². The van der Waals surface area contributed by atoms with Crippen LogP contribution in [0.2, 0.25) is 5.02 Å². The Labute approximate surface area is 254 Å². The van der Waals surface area contributed by atoms with Crippen LogP contribution in [-0.4, -0.2) is 45.9 Å². The van der Waals surface area contributed by atoms with Gasteiger partial charge in [-0.1, -0.05) is 23.7 Å². The van der Waals surface area contributed by atoms with Crippen molar-refractivity contribution in [2.24, 2.45) is 11.7 Å². The Morgan fingerprint density at radius 3 is 2.29 bits per heavy atom. The number of anilines is 2. The minimum absolute atomic E-state index is 0.0278. The van der Waals surface area contributed by atoms with Gasteiger partial charge in [-0.3, -0.25) is 9.69 Å². The lowest BCUT2D eigenvalue weighted by atomic mass is 9.86. The van der Waals surface area contributed by atoms with E-state index in [1.165, 1.54) is 0 Å². The number of halogens is 1. The molecule has 1 saturated carbocycles. The van der Waals surface area contributed by atoms with Gasteiger partial charge in [0.25, 0.3) is 0 Å². The van der Waals surface area contributed by atoms with Crippen molar-refractivity contribution in [3.63, 3.8) is 0 Å². The minimum atomic E-state index is -0.414. The molecule has 1 fully saturated rings. The van der Waals surface area contributed by atoms with Crippen molar-refractivity contribution >= 4 is 28.9 Å². The van der Waals surface area contributed by atoms with E-state index < -0.39 is 6.04 Å². The highest BCUT2D eigenvalue weighted by atomic mass is 35.5. The first-order valence-electron chi connectivity index (χ1n) is 14.8. The molecule has 1 heterocycles. The summed E-state index contributed by atoms with van der Waals surface area (Å²) in [6.45, 7) is 4.93. The molecule has 0 bridgehead atoms. The molecule has 3 aromatic rings. The monoisotopic (exact) mass is 591 g/mol. The third-order valence-corrected chi connectivity index (χ3v) is 8.68. The molecular formula is C34H42ClN3O4. The normalized spacial score (nSPS) is 20.3. The Hall–Kier alpha value is -3.42. The summed E-state index contributed by atoms with van der Waals surface area (Å²) < 4.78 is 17.7. The largest absolute Gasteiger partial charge is 0.494 e. The molecule has 2 N–H and O–H groups in total. The fourth-order valence-corrected chi connectivity index (χ4v) is 6.40. The molecule has 0 unspecified atom stereocenters. The second-order valence-electron chi connectivity index (χ2n) is 11.8. The third-order valence-electron chi connectivity index (χ3n) is 8.42. The Bertz CT molecular complexity index is 1400. The lowest BCUT2D eigenvalue weighted by Crippen LogP contribution is -2.41. The molecular weight excluding hydrogens is 550 g/mol. The number of rotatable bonds is 9. The van der Waals surface area contributed by atoms with Gasteiger partial charge in [0.15, 0.2) is 11.5 Å². The molecule has 2 aliphatic rings. The van der Waals surface area contributed by atoms with Crippen LogP contribution in [0.4, 0.5) is 11.4 Å². The fourth-order valence-electron chi connectivity index (χ4n) is 6.28. The maximum Gasteiger partial charge on any atom is 0.232 e. The van der Waals surface area contributed by atoms with Gasteiger partial charge in [-0.05, 0) is 98.5 Å². The number of nitrogens with two attached hydrogens (primary N) is 1. The standard InChI is InChI=1S/C34H42ClN3O4/c1-21(2)42-32-19-28-24(16-31(32)41-5)17-33(39)38(34(28)23-8-10-25(35)11-9-23)29-15-14-27(18-30(29)40-4)37(3)20-22-6-12-26(36)13-7-22/h8-11,14-16,18-19,21-22,26,34H,6-7,12-13,17,20,36H2,1-5H3/t22?,26?,34-/m0/s1.